The standard InChI is InChI=1S/C9H11ClFNO/c1-6(13)5-12-8-4-2-3-7(10)9(8)11/h2-4,6,12-13H,5H2,1H3/t6-/m0/s1. The van der Waals surface area contributed by atoms with E-state index in [0.29, 0.717) is 12.2 Å². The summed E-state index contributed by atoms with van der Waals surface area (Å²) in [6.45, 7) is 1.92. The van der Waals surface area contributed by atoms with Gasteiger partial charge in [0, 0.05) is 6.54 Å². The van der Waals surface area contributed by atoms with Crippen molar-refractivity contribution in [2.24, 2.45) is 0 Å². The van der Waals surface area contributed by atoms with Gasteiger partial charge >= 0.3 is 0 Å². The Morgan fingerprint density at radius 1 is 1.62 bits per heavy atom. The molecule has 1 aromatic carbocycles. The first-order chi connectivity index (χ1) is 6.11. The van der Waals surface area contributed by atoms with Crippen LogP contribution in [0.25, 0.3) is 0 Å². The van der Waals surface area contributed by atoms with Gasteiger partial charge in [-0.25, -0.2) is 4.39 Å². The molecule has 2 nitrogen and oxygen atoms in total. The van der Waals surface area contributed by atoms with Gasteiger partial charge in [-0.05, 0) is 19.1 Å². The maximum Gasteiger partial charge on any atom is 0.164 e. The van der Waals surface area contributed by atoms with Gasteiger partial charge in [0.1, 0.15) is 0 Å². The molecule has 1 atom stereocenters. The van der Waals surface area contributed by atoms with Gasteiger partial charge < -0.3 is 10.4 Å². The van der Waals surface area contributed by atoms with E-state index in [1.165, 1.54) is 6.07 Å². The number of halogens is 2. The van der Waals surface area contributed by atoms with Crippen molar-refractivity contribution in [1.82, 2.24) is 0 Å². The van der Waals surface area contributed by atoms with Crippen LogP contribution in [0.5, 0.6) is 0 Å². The van der Waals surface area contributed by atoms with E-state index in [1.54, 1.807) is 19.1 Å². The van der Waals surface area contributed by atoms with E-state index < -0.39 is 11.9 Å². The quantitative estimate of drug-likeness (QED) is 0.790. The number of nitrogens with one attached hydrogen (secondary N) is 1. The molecule has 0 aliphatic heterocycles. The second-order valence-electron chi connectivity index (χ2n) is 2.83. The molecule has 0 fully saturated rings. The van der Waals surface area contributed by atoms with Crippen LogP contribution in [-0.4, -0.2) is 17.8 Å². The molecule has 0 unspecified atom stereocenters. The molecule has 1 aromatic rings. The van der Waals surface area contributed by atoms with E-state index in [4.69, 9.17) is 16.7 Å². The third kappa shape index (κ3) is 2.86. The Hall–Kier alpha value is -0.800. The minimum Gasteiger partial charge on any atom is -0.392 e. The fourth-order valence-corrected chi connectivity index (χ4v) is 1.07. The van der Waals surface area contributed by atoms with Gasteiger partial charge in [0.25, 0.3) is 0 Å². The average Bonchev–Trinajstić information content (AvgIpc) is 2.07. The van der Waals surface area contributed by atoms with Crippen molar-refractivity contribution in [3.05, 3.63) is 29.0 Å². The zero-order valence-electron chi connectivity index (χ0n) is 7.22. The Bertz CT molecular complexity index is 291. The second-order valence-corrected chi connectivity index (χ2v) is 3.24. The third-order valence-electron chi connectivity index (χ3n) is 1.54. The number of rotatable bonds is 3. The first-order valence-corrected chi connectivity index (χ1v) is 4.35. The summed E-state index contributed by atoms with van der Waals surface area (Å²) < 4.78 is 13.2. The van der Waals surface area contributed by atoms with Crippen LogP contribution < -0.4 is 5.32 Å². The van der Waals surface area contributed by atoms with Crippen LogP contribution in [0.1, 0.15) is 6.92 Å². The van der Waals surface area contributed by atoms with Gasteiger partial charge in [-0.3, -0.25) is 0 Å². The molecule has 0 radical (unpaired) electrons. The average molecular weight is 204 g/mol. The molecule has 1 rings (SSSR count). The summed E-state index contributed by atoms with van der Waals surface area (Å²) in [6.07, 6.45) is -0.515. The molecule has 0 aliphatic carbocycles. The molecular formula is C9H11ClFNO. The maximum absolute atomic E-state index is 13.2. The van der Waals surface area contributed by atoms with Crippen LogP contribution in [0.4, 0.5) is 10.1 Å². The molecule has 72 valence electrons. The summed E-state index contributed by atoms with van der Waals surface area (Å²) in [6, 6.07) is 4.70. The Morgan fingerprint density at radius 3 is 2.92 bits per heavy atom. The molecule has 0 aliphatic rings. The number of benzene rings is 1. The molecule has 4 heteroatoms. The molecule has 0 heterocycles. The van der Waals surface area contributed by atoms with Gasteiger partial charge in [0.2, 0.25) is 0 Å². The first kappa shape index (κ1) is 10.3. The zero-order valence-corrected chi connectivity index (χ0v) is 7.98. The number of hydrogen-bond acceptors (Lipinski definition) is 2. The molecule has 0 bridgehead atoms. The summed E-state index contributed by atoms with van der Waals surface area (Å²) in [5.41, 5.74) is 0.313. The predicted molar refractivity (Wildman–Crippen MR) is 51.6 cm³/mol. The minimum atomic E-state index is -0.515. The van der Waals surface area contributed by atoms with Crippen molar-refractivity contribution in [3.8, 4) is 0 Å². The first-order valence-electron chi connectivity index (χ1n) is 3.97. The number of hydrogen-bond donors (Lipinski definition) is 2. The highest BCUT2D eigenvalue weighted by Gasteiger charge is 2.05. The van der Waals surface area contributed by atoms with E-state index in [1.807, 2.05) is 0 Å². The molecule has 0 saturated heterocycles. The molecule has 0 saturated carbocycles. The molecular weight excluding hydrogens is 193 g/mol. The van der Waals surface area contributed by atoms with Gasteiger partial charge in [-0.1, -0.05) is 17.7 Å². The van der Waals surface area contributed by atoms with Gasteiger partial charge in [-0.15, -0.1) is 0 Å². The molecule has 2 N–H and O–H groups in total. The Labute approximate surface area is 81.3 Å². The van der Waals surface area contributed by atoms with Crippen molar-refractivity contribution in [2.45, 2.75) is 13.0 Å². The number of aliphatic hydroxyl groups is 1. The minimum absolute atomic E-state index is 0.0793. The molecule has 13 heavy (non-hydrogen) atoms. The largest absolute Gasteiger partial charge is 0.392 e. The molecule has 0 amide bonds. The SMILES string of the molecule is C[C@H](O)CNc1cccc(Cl)c1F. The zero-order chi connectivity index (χ0) is 9.84. The summed E-state index contributed by atoms with van der Waals surface area (Å²) in [7, 11) is 0. The third-order valence-corrected chi connectivity index (χ3v) is 1.83. The lowest BCUT2D eigenvalue weighted by Gasteiger charge is -2.09. The topological polar surface area (TPSA) is 32.3 Å². The van der Waals surface area contributed by atoms with Crippen molar-refractivity contribution < 1.29 is 9.50 Å². The van der Waals surface area contributed by atoms with E-state index >= 15 is 0 Å². The van der Waals surface area contributed by atoms with Crippen molar-refractivity contribution in [2.75, 3.05) is 11.9 Å². The molecule has 0 aromatic heterocycles. The summed E-state index contributed by atoms with van der Waals surface area (Å²) >= 11 is 5.55. The Morgan fingerprint density at radius 2 is 2.31 bits per heavy atom. The lowest BCUT2D eigenvalue weighted by molar-refractivity contribution is 0.208. The predicted octanol–water partition coefficient (Wildman–Crippen LogP) is 2.27. The highest BCUT2D eigenvalue weighted by Crippen LogP contribution is 2.21. The summed E-state index contributed by atoms with van der Waals surface area (Å²) in [5.74, 6) is -0.482. The summed E-state index contributed by atoms with van der Waals surface area (Å²) in [4.78, 5) is 0. The maximum atomic E-state index is 13.2. The summed E-state index contributed by atoms with van der Waals surface area (Å²) in [5, 5.41) is 11.8. The Balaban J connectivity index is 2.71. The Kier molecular flexibility index (Phi) is 3.51. The van der Waals surface area contributed by atoms with Gasteiger partial charge in [0.05, 0.1) is 16.8 Å². The van der Waals surface area contributed by atoms with Crippen LogP contribution >= 0.6 is 11.6 Å². The van der Waals surface area contributed by atoms with Crippen molar-refractivity contribution in [3.63, 3.8) is 0 Å². The highest BCUT2D eigenvalue weighted by atomic mass is 35.5. The van der Waals surface area contributed by atoms with Crippen LogP contribution in [0, 0.1) is 5.82 Å². The van der Waals surface area contributed by atoms with Gasteiger partial charge in [-0.2, -0.15) is 0 Å². The van der Waals surface area contributed by atoms with Gasteiger partial charge in [0.15, 0.2) is 5.82 Å². The molecule has 0 spiro atoms. The van der Waals surface area contributed by atoms with Crippen molar-refractivity contribution >= 4 is 17.3 Å². The van der Waals surface area contributed by atoms with Crippen LogP contribution in [0.2, 0.25) is 5.02 Å². The van der Waals surface area contributed by atoms with Crippen molar-refractivity contribution in [1.29, 1.82) is 0 Å². The number of aliphatic hydroxyl groups excluding tert-OH is 1. The second kappa shape index (κ2) is 4.44. The fourth-order valence-electron chi connectivity index (χ4n) is 0.898. The number of anilines is 1. The monoisotopic (exact) mass is 203 g/mol. The van der Waals surface area contributed by atoms with Crippen LogP contribution in [0.15, 0.2) is 18.2 Å². The normalized spacial score (nSPS) is 12.6. The van der Waals surface area contributed by atoms with E-state index in [0.717, 1.165) is 0 Å². The fraction of sp³-hybridized carbons (Fsp3) is 0.333. The van der Waals surface area contributed by atoms with E-state index in [-0.39, 0.29) is 5.02 Å². The highest BCUT2D eigenvalue weighted by molar-refractivity contribution is 6.31. The van der Waals surface area contributed by atoms with Crippen LogP contribution in [0.3, 0.4) is 0 Å². The smallest absolute Gasteiger partial charge is 0.164 e. The lowest BCUT2D eigenvalue weighted by atomic mass is 10.3. The van der Waals surface area contributed by atoms with Crippen LogP contribution in [-0.2, 0) is 0 Å². The van der Waals surface area contributed by atoms with E-state index in [2.05, 4.69) is 5.32 Å². The van der Waals surface area contributed by atoms with E-state index in [9.17, 15) is 4.39 Å². The lowest BCUT2D eigenvalue weighted by Crippen LogP contribution is -2.16.